The second-order valence-electron chi connectivity index (χ2n) is 14.6. The third-order valence-electron chi connectivity index (χ3n) is 10.5. The van der Waals surface area contributed by atoms with Crippen LogP contribution in [0.15, 0.2) is 231 Å². The lowest BCUT2D eigenvalue weighted by Crippen LogP contribution is -1.92. The number of hydrogen-bond acceptors (Lipinski definition) is 5. The first kappa shape index (κ1) is 46.3. The summed E-state index contributed by atoms with van der Waals surface area (Å²) in [5.74, 6) is 0. The van der Waals surface area contributed by atoms with Gasteiger partial charge in [0, 0.05) is 70.5 Å². The highest BCUT2D eigenvalue weighted by molar-refractivity contribution is 9.11. The van der Waals surface area contributed by atoms with Crippen molar-refractivity contribution in [2.75, 3.05) is 0 Å². The molecule has 0 atom stereocenters. The van der Waals surface area contributed by atoms with Crippen molar-refractivity contribution in [1.82, 2.24) is 24.9 Å². The fourth-order valence-corrected chi connectivity index (χ4v) is 9.23. The van der Waals surface area contributed by atoms with E-state index in [1.54, 1.807) is 0 Å². The molecule has 0 fully saturated rings. The quantitative estimate of drug-likeness (QED) is 0.152. The van der Waals surface area contributed by atoms with Gasteiger partial charge in [-0.05, 0) is 94.5 Å². The molecule has 0 radical (unpaired) electrons. The first-order chi connectivity index (χ1) is 32.4. The zero-order chi connectivity index (χ0) is 45.8. The first-order valence-electron chi connectivity index (χ1n) is 21.3. The molecule has 0 aliphatic heterocycles. The molecule has 322 valence electrons. The molecular weight excluding hydrogens is 1070 g/mol. The molecule has 5 heterocycles. The number of rotatable bonds is 8. The second-order valence-corrected chi connectivity index (χ2v) is 18.1. The first-order valence-corrected chi connectivity index (χ1v) is 24.5. The van der Waals surface area contributed by atoms with E-state index in [1.165, 1.54) is 11.1 Å². The summed E-state index contributed by atoms with van der Waals surface area (Å²) in [6, 6.07) is 63.5. The minimum Gasteiger partial charge on any atom is -0.256 e. The second kappa shape index (κ2) is 22.3. The van der Waals surface area contributed by atoms with Crippen LogP contribution in [0.25, 0.3) is 89.8 Å². The summed E-state index contributed by atoms with van der Waals surface area (Å²) in [6.45, 7) is 4.00. The Balaban J connectivity index is 0.000000173. The normalized spacial score (nSPS) is 10.6. The molecule has 5 aromatic heterocycles. The van der Waals surface area contributed by atoms with Crippen molar-refractivity contribution in [2.45, 2.75) is 13.8 Å². The van der Waals surface area contributed by atoms with Crippen molar-refractivity contribution < 1.29 is 0 Å². The Morgan fingerprint density at radius 1 is 0.242 bits per heavy atom. The molecule has 0 spiro atoms. The minimum absolute atomic E-state index is 0.817. The van der Waals surface area contributed by atoms with E-state index in [0.717, 1.165) is 96.6 Å². The topological polar surface area (TPSA) is 64.5 Å². The SMILES string of the molecule is Brc1ccccc1-c1ccc(-c2ccc(-c3ccc(-c4ccccc4Br)cn3)cn2)cc1.Brc1ccccc1-c1ccc(-c2cccc(-c3ccc(-c4ccccc4Br)cn3)n2)nc1.CC. The van der Waals surface area contributed by atoms with Crippen LogP contribution in [-0.4, -0.2) is 24.9 Å². The van der Waals surface area contributed by atoms with Crippen LogP contribution in [0.3, 0.4) is 0 Å². The van der Waals surface area contributed by atoms with E-state index < -0.39 is 0 Å². The molecule has 0 bridgehead atoms. The summed E-state index contributed by atoms with van der Waals surface area (Å²) >= 11 is 14.4. The summed E-state index contributed by atoms with van der Waals surface area (Å²) in [6.07, 6.45) is 7.56. The van der Waals surface area contributed by atoms with Gasteiger partial charge in [0.15, 0.2) is 0 Å². The molecule has 0 unspecified atom stereocenters. The lowest BCUT2D eigenvalue weighted by Gasteiger charge is -2.08. The van der Waals surface area contributed by atoms with Gasteiger partial charge in [-0.3, -0.25) is 19.9 Å². The van der Waals surface area contributed by atoms with E-state index in [9.17, 15) is 0 Å². The number of halogens is 4. The largest absolute Gasteiger partial charge is 0.256 e. The number of hydrogen-bond donors (Lipinski definition) is 0. The van der Waals surface area contributed by atoms with Crippen LogP contribution in [-0.2, 0) is 0 Å². The van der Waals surface area contributed by atoms with Gasteiger partial charge in [-0.1, -0.05) is 199 Å². The summed E-state index contributed by atoms with van der Waals surface area (Å²) in [7, 11) is 0. The van der Waals surface area contributed by atoms with Gasteiger partial charge >= 0.3 is 0 Å². The van der Waals surface area contributed by atoms with Crippen molar-refractivity contribution in [1.29, 1.82) is 0 Å². The molecule has 66 heavy (non-hydrogen) atoms. The molecular formula is C57H41Br4N5. The predicted octanol–water partition coefficient (Wildman–Crippen LogP) is 17.8. The van der Waals surface area contributed by atoms with Crippen LogP contribution in [0.5, 0.6) is 0 Å². The molecule has 10 aromatic rings. The molecule has 0 saturated heterocycles. The van der Waals surface area contributed by atoms with Crippen molar-refractivity contribution >= 4 is 63.7 Å². The van der Waals surface area contributed by atoms with Gasteiger partial charge in [0.05, 0.1) is 34.2 Å². The average molecular weight is 1120 g/mol. The molecule has 5 aromatic carbocycles. The Bertz CT molecular complexity index is 2960. The van der Waals surface area contributed by atoms with E-state index in [0.29, 0.717) is 0 Å². The average Bonchev–Trinajstić information content (AvgIpc) is 3.38. The maximum Gasteiger partial charge on any atom is 0.0894 e. The van der Waals surface area contributed by atoms with Gasteiger partial charge in [0.1, 0.15) is 0 Å². The minimum atomic E-state index is 0.817. The standard InChI is InChI=1S/C28H18Br2N2.C27H17Br2N3.C2H6/c29-25-7-3-1-5-23(25)19-9-11-20(12-10-19)27-16-14-22(18-32-27)28-15-13-21(17-31-28)24-6-2-4-8-26(24)30;28-22-8-3-1-6-20(22)18-12-14-24(30-16-18)26-10-5-11-27(32-26)25-15-13-19(17-31-25)21-7-2-4-9-23(21)29;1-2/h1-18H;1-17H;1-2H3. The Morgan fingerprint density at radius 2 is 0.530 bits per heavy atom. The maximum absolute atomic E-state index is 4.81. The molecule has 0 aliphatic carbocycles. The number of aromatic nitrogens is 5. The fourth-order valence-electron chi connectivity index (χ4n) is 7.17. The number of benzene rings is 5. The highest BCUT2D eigenvalue weighted by Crippen LogP contribution is 2.33. The van der Waals surface area contributed by atoms with Crippen LogP contribution in [0.1, 0.15) is 13.8 Å². The fraction of sp³-hybridized carbons (Fsp3) is 0.0351. The van der Waals surface area contributed by atoms with E-state index in [-0.39, 0.29) is 0 Å². The van der Waals surface area contributed by atoms with Crippen LogP contribution in [0.4, 0.5) is 0 Å². The third kappa shape index (κ3) is 11.1. The predicted molar refractivity (Wildman–Crippen MR) is 287 cm³/mol. The number of pyridine rings is 5. The summed E-state index contributed by atoms with van der Waals surface area (Å²) < 4.78 is 4.25. The Morgan fingerprint density at radius 3 is 0.879 bits per heavy atom. The molecule has 0 saturated carbocycles. The Hall–Kier alpha value is -6.23. The van der Waals surface area contributed by atoms with Gasteiger partial charge in [-0.15, -0.1) is 0 Å². The van der Waals surface area contributed by atoms with Crippen LogP contribution in [0.2, 0.25) is 0 Å². The molecule has 9 heteroatoms. The Kier molecular flexibility index (Phi) is 15.7. The van der Waals surface area contributed by atoms with Gasteiger partial charge < -0.3 is 0 Å². The maximum atomic E-state index is 4.81. The van der Waals surface area contributed by atoms with Crippen molar-refractivity contribution in [3.8, 4) is 89.8 Å². The smallest absolute Gasteiger partial charge is 0.0894 e. The molecule has 10 rings (SSSR count). The van der Waals surface area contributed by atoms with E-state index in [2.05, 4.69) is 163 Å². The highest BCUT2D eigenvalue weighted by atomic mass is 79.9. The van der Waals surface area contributed by atoms with Crippen LogP contribution in [0, 0.1) is 0 Å². The van der Waals surface area contributed by atoms with Gasteiger partial charge in [-0.2, -0.15) is 0 Å². The Labute approximate surface area is 419 Å². The highest BCUT2D eigenvalue weighted by Gasteiger charge is 2.11. The zero-order valence-electron chi connectivity index (χ0n) is 36.0. The number of nitrogens with zero attached hydrogens (tertiary/aromatic N) is 5. The van der Waals surface area contributed by atoms with Crippen LogP contribution >= 0.6 is 63.7 Å². The van der Waals surface area contributed by atoms with Crippen molar-refractivity contribution in [3.05, 3.63) is 231 Å². The summed E-state index contributed by atoms with van der Waals surface area (Å²) in [5, 5.41) is 0. The van der Waals surface area contributed by atoms with Crippen molar-refractivity contribution in [2.24, 2.45) is 0 Å². The van der Waals surface area contributed by atoms with Crippen LogP contribution < -0.4 is 0 Å². The molecule has 0 aliphatic rings. The monoisotopic (exact) mass is 1110 g/mol. The molecule has 5 nitrogen and oxygen atoms in total. The third-order valence-corrected chi connectivity index (χ3v) is 13.3. The zero-order valence-corrected chi connectivity index (χ0v) is 42.3. The molecule has 0 amide bonds. The lowest BCUT2D eigenvalue weighted by molar-refractivity contribution is 1.22. The summed E-state index contributed by atoms with van der Waals surface area (Å²) in [4.78, 5) is 23.5. The van der Waals surface area contributed by atoms with Gasteiger partial charge in [-0.25, -0.2) is 4.98 Å². The van der Waals surface area contributed by atoms with E-state index in [4.69, 9.17) is 4.98 Å². The molecule has 0 N–H and O–H groups in total. The van der Waals surface area contributed by atoms with Crippen molar-refractivity contribution in [3.63, 3.8) is 0 Å². The van der Waals surface area contributed by atoms with E-state index >= 15 is 0 Å². The van der Waals surface area contributed by atoms with Gasteiger partial charge in [0.2, 0.25) is 0 Å². The van der Waals surface area contributed by atoms with E-state index in [1.807, 2.05) is 148 Å². The summed E-state index contributed by atoms with van der Waals surface area (Å²) in [5.41, 5.74) is 16.1. The lowest BCUT2D eigenvalue weighted by atomic mass is 10.0. The van der Waals surface area contributed by atoms with Gasteiger partial charge in [0.25, 0.3) is 0 Å².